The molecule has 186 valence electrons. The molecule has 0 fully saturated rings. The van der Waals surface area contributed by atoms with Gasteiger partial charge in [-0.3, -0.25) is 9.59 Å². The van der Waals surface area contributed by atoms with E-state index < -0.39 is 41.7 Å². The summed E-state index contributed by atoms with van der Waals surface area (Å²) in [5.74, 6) is 9.19. The SMILES string of the molecule is CC.CNCc1ccc2c(c1)C(=O)c1c(O)cc3c(c1C2=O)NC1C#CCC#CC(O)C3C1C(C)O. The molecule has 5 N–H and O–H groups in total. The number of carbonyl (C=O) groups excluding carboxylic acids is 2. The van der Waals surface area contributed by atoms with Crippen molar-refractivity contribution in [3.63, 3.8) is 0 Å². The molecule has 2 aliphatic carbocycles. The van der Waals surface area contributed by atoms with Crippen molar-refractivity contribution in [1.29, 1.82) is 0 Å². The predicted molar refractivity (Wildman–Crippen MR) is 137 cm³/mol. The second-order valence-corrected chi connectivity index (χ2v) is 8.91. The van der Waals surface area contributed by atoms with Gasteiger partial charge in [0, 0.05) is 29.5 Å². The molecule has 5 unspecified atom stereocenters. The molecule has 0 spiro atoms. The van der Waals surface area contributed by atoms with Crippen LogP contribution >= 0.6 is 0 Å². The van der Waals surface area contributed by atoms with Gasteiger partial charge in [-0.15, -0.1) is 0 Å². The molecule has 2 aromatic rings. The third-order valence-electron chi connectivity index (χ3n) is 6.79. The highest BCUT2D eigenvalue weighted by molar-refractivity contribution is 6.31. The molecule has 1 heterocycles. The zero-order chi connectivity index (χ0) is 26.1. The first kappa shape index (κ1) is 25.5. The first-order chi connectivity index (χ1) is 17.3. The van der Waals surface area contributed by atoms with E-state index in [9.17, 15) is 24.9 Å². The summed E-state index contributed by atoms with van der Waals surface area (Å²) in [4.78, 5) is 27.2. The van der Waals surface area contributed by atoms with Crippen LogP contribution in [0.25, 0.3) is 0 Å². The lowest BCUT2D eigenvalue weighted by atomic mass is 9.69. The maximum absolute atomic E-state index is 13.7. The number of hydrogen-bond donors (Lipinski definition) is 5. The van der Waals surface area contributed by atoms with E-state index in [2.05, 4.69) is 34.3 Å². The van der Waals surface area contributed by atoms with Crippen molar-refractivity contribution in [3.05, 3.63) is 57.6 Å². The summed E-state index contributed by atoms with van der Waals surface area (Å²) in [6.45, 7) is 6.14. The summed E-state index contributed by atoms with van der Waals surface area (Å²) in [7, 11) is 1.79. The van der Waals surface area contributed by atoms with Crippen LogP contribution in [0.15, 0.2) is 24.3 Å². The number of hydrogen-bond acceptors (Lipinski definition) is 7. The number of phenols is 1. The number of aliphatic hydroxyl groups excluding tert-OH is 2. The van der Waals surface area contributed by atoms with Gasteiger partial charge in [0.25, 0.3) is 0 Å². The number of fused-ring (bicyclic) bond motifs is 7. The predicted octanol–water partition coefficient (Wildman–Crippen LogP) is 2.56. The van der Waals surface area contributed by atoms with E-state index in [0.29, 0.717) is 17.8 Å². The number of carbonyl (C=O) groups is 2. The lowest BCUT2D eigenvalue weighted by molar-refractivity contribution is 0.0646. The Morgan fingerprint density at radius 2 is 1.78 bits per heavy atom. The molecule has 2 bridgehead atoms. The van der Waals surface area contributed by atoms with E-state index in [4.69, 9.17) is 0 Å². The van der Waals surface area contributed by atoms with Gasteiger partial charge in [-0.2, -0.15) is 0 Å². The third-order valence-corrected chi connectivity index (χ3v) is 6.79. The first-order valence-electron chi connectivity index (χ1n) is 12.2. The van der Waals surface area contributed by atoms with E-state index >= 15 is 0 Å². The molecule has 0 saturated carbocycles. The quantitative estimate of drug-likeness (QED) is 0.285. The molecule has 7 nitrogen and oxygen atoms in total. The first-order valence-corrected chi connectivity index (χ1v) is 12.2. The Balaban J connectivity index is 0.00000148. The Morgan fingerprint density at radius 3 is 2.47 bits per heavy atom. The highest BCUT2D eigenvalue weighted by Crippen LogP contribution is 2.49. The monoisotopic (exact) mass is 486 g/mol. The normalized spacial score (nSPS) is 23.7. The Bertz CT molecular complexity index is 1360. The average molecular weight is 487 g/mol. The van der Waals surface area contributed by atoms with Crippen LogP contribution in [0.5, 0.6) is 5.75 Å². The molecule has 0 saturated heterocycles. The van der Waals surface area contributed by atoms with Gasteiger partial charge in [0.05, 0.1) is 35.4 Å². The molecular weight excluding hydrogens is 456 g/mol. The van der Waals surface area contributed by atoms with E-state index in [-0.39, 0.29) is 34.4 Å². The Hall–Kier alpha value is -3.62. The molecule has 3 aliphatic rings. The van der Waals surface area contributed by atoms with Crippen molar-refractivity contribution in [2.75, 3.05) is 12.4 Å². The molecule has 2 aromatic carbocycles. The molecule has 7 heteroatoms. The van der Waals surface area contributed by atoms with Gasteiger partial charge in [-0.25, -0.2) is 0 Å². The lowest BCUT2D eigenvalue weighted by Crippen LogP contribution is -2.47. The minimum Gasteiger partial charge on any atom is -0.507 e. The molecule has 0 amide bonds. The zero-order valence-corrected chi connectivity index (χ0v) is 20.8. The zero-order valence-electron chi connectivity index (χ0n) is 20.8. The molecule has 36 heavy (non-hydrogen) atoms. The molecule has 5 atom stereocenters. The summed E-state index contributed by atoms with van der Waals surface area (Å²) in [5, 5.41) is 38.8. The number of aromatic hydroxyl groups is 1. The van der Waals surface area contributed by atoms with Crippen LogP contribution in [0.1, 0.15) is 76.1 Å². The van der Waals surface area contributed by atoms with Crippen LogP contribution in [0, 0.1) is 29.6 Å². The standard InChI is InChI=1S/C27H24N2O5.C2H6/c1-13(30)21-18-6-4-3-5-7-19(31)22(21)17-11-20(32)23-24(25(17)29-18)26(33)15-9-8-14(12-28-2)10-16(15)27(23)34;1-2/h8-11,13,18-19,21-22,28-32H,3,12H2,1-2H3;1-2H3. The second-order valence-electron chi connectivity index (χ2n) is 8.91. The number of aliphatic hydroxyl groups is 2. The summed E-state index contributed by atoms with van der Waals surface area (Å²) in [6, 6.07) is 5.90. The summed E-state index contributed by atoms with van der Waals surface area (Å²) in [6.07, 6.45) is -1.76. The molecule has 5 rings (SSSR count). The number of ketones is 2. The Morgan fingerprint density at radius 1 is 1.08 bits per heavy atom. The minimum atomic E-state index is -1.16. The number of benzene rings is 2. The van der Waals surface area contributed by atoms with Gasteiger partial charge in [-0.05, 0) is 43.3 Å². The van der Waals surface area contributed by atoms with E-state index in [1.165, 1.54) is 6.07 Å². The fraction of sp³-hybridized carbons (Fsp3) is 0.379. The molecular formula is C29H30N2O5. The van der Waals surface area contributed by atoms with Crippen molar-refractivity contribution in [3.8, 4) is 29.4 Å². The van der Waals surface area contributed by atoms with Gasteiger partial charge < -0.3 is 26.0 Å². The highest BCUT2D eigenvalue weighted by Gasteiger charge is 2.46. The van der Waals surface area contributed by atoms with E-state index in [1.54, 1.807) is 32.2 Å². The van der Waals surface area contributed by atoms with Crippen LogP contribution < -0.4 is 10.6 Å². The Labute approximate surface area is 210 Å². The summed E-state index contributed by atoms with van der Waals surface area (Å²) < 4.78 is 0. The van der Waals surface area contributed by atoms with Crippen molar-refractivity contribution >= 4 is 17.3 Å². The smallest absolute Gasteiger partial charge is 0.198 e. The number of anilines is 1. The Kier molecular flexibility index (Phi) is 7.19. The second kappa shape index (κ2) is 10.2. The van der Waals surface area contributed by atoms with Crippen LogP contribution in [0.4, 0.5) is 5.69 Å². The van der Waals surface area contributed by atoms with Gasteiger partial charge in [-0.1, -0.05) is 43.6 Å². The van der Waals surface area contributed by atoms with E-state index in [0.717, 1.165) is 5.56 Å². The van der Waals surface area contributed by atoms with Gasteiger partial charge in [0.15, 0.2) is 11.6 Å². The number of phenolic OH excluding ortho intramolecular Hbond substituents is 1. The van der Waals surface area contributed by atoms with Crippen LogP contribution in [0.3, 0.4) is 0 Å². The maximum Gasteiger partial charge on any atom is 0.198 e. The van der Waals surface area contributed by atoms with Crippen molar-refractivity contribution in [2.24, 2.45) is 5.92 Å². The van der Waals surface area contributed by atoms with Crippen LogP contribution in [-0.2, 0) is 6.54 Å². The van der Waals surface area contributed by atoms with Gasteiger partial charge >= 0.3 is 0 Å². The summed E-state index contributed by atoms with van der Waals surface area (Å²) in [5.41, 5.74) is 2.12. The molecule has 0 aromatic heterocycles. The molecule has 1 aliphatic heterocycles. The van der Waals surface area contributed by atoms with Gasteiger partial charge in [0.1, 0.15) is 11.9 Å². The van der Waals surface area contributed by atoms with Crippen LogP contribution in [-0.4, -0.2) is 52.2 Å². The fourth-order valence-corrected chi connectivity index (χ4v) is 5.33. The molecule has 0 radical (unpaired) electrons. The van der Waals surface area contributed by atoms with Crippen molar-refractivity contribution < 1.29 is 24.9 Å². The number of nitrogens with one attached hydrogen (secondary N) is 2. The highest BCUT2D eigenvalue weighted by atomic mass is 16.3. The lowest BCUT2D eigenvalue weighted by Gasteiger charge is -2.42. The maximum atomic E-state index is 13.7. The van der Waals surface area contributed by atoms with Crippen molar-refractivity contribution in [2.45, 2.75) is 57.9 Å². The van der Waals surface area contributed by atoms with Crippen molar-refractivity contribution in [1.82, 2.24) is 5.32 Å². The number of rotatable bonds is 3. The average Bonchev–Trinajstić information content (AvgIpc) is 2.92. The van der Waals surface area contributed by atoms with Gasteiger partial charge in [0.2, 0.25) is 0 Å². The van der Waals surface area contributed by atoms with Crippen LogP contribution in [0.2, 0.25) is 0 Å². The largest absolute Gasteiger partial charge is 0.507 e. The summed E-state index contributed by atoms with van der Waals surface area (Å²) >= 11 is 0. The minimum absolute atomic E-state index is 0.0640. The fourth-order valence-electron chi connectivity index (χ4n) is 5.33. The van der Waals surface area contributed by atoms with E-state index in [1.807, 2.05) is 13.8 Å². The third kappa shape index (κ3) is 4.06. The topological polar surface area (TPSA) is 119 Å².